The van der Waals surface area contributed by atoms with Crippen LogP contribution in [0.25, 0.3) is 0 Å². The topological polar surface area (TPSA) is 48.9 Å². The van der Waals surface area contributed by atoms with Crippen molar-refractivity contribution in [2.75, 3.05) is 33.3 Å². The molecule has 25 heavy (non-hydrogen) atoms. The number of nitrogens with one attached hydrogen (secondary N) is 2. The number of halogens is 1. The molecule has 0 saturated carbocycles. The quantitative estimate of drug-likeness (QED) is 0.373. The maximum atomic E-state index is 5.39. The third-order valence-electron chi connectivity index (χ3n) is 4.58. The highest BCUT2D eigenvalue weighted by Gasteiger charge is 2.17. The molecular weight excluding hydrogens is 427 g/mol. The highest BCUT2D eigenvalue weighted by molar-refractivity contribution is 14.0. The molecule has 1 aromatic rings. The number of rotatable bonds is 7. The number of piperidine rings is 1. The van der Waals surface area contributed by atoms with Crippen molar-refractivity contribution in [1.29, 1.82) is 0 Å². The van der Waals surface area contributed by atoms with Crippen LogP contribution in [0.2, 0.25) is 0 Å². The Labute approximate surface area is 169 Å². The van der Waals surface area contributed by atoms with Crippen LogP contribution in [0.4, 0.5) is 0 Å². The lowest BCUT2D eigenvalue weighted by molar-refractivity contribution is 0.163. The highest BCUT2D eigenvalue weighted by Crippen LogP contribution is 2.18. The van der Waals surface area contributed by atoms with Crippen LogP contribution >= 0.6 is 24.0 Å². The van der Waals surface area contributed by atoms with Gasteiger partial charge in [-0.3, -0.25) is 4.90 Å². The maximum Gasteiger partial charge on any atom is 0.191 e. The van der Waals surface area contributed by atoms with Crippen molar-refractivity contribution in [3.05, 3.63) is 29.8 Å². The molecule has 0 amide bonds. The Bertz CT molecular complexity index is 524. The summed E-state index contributed by atoms with van der Waals surface area (Å²) in [4.78, 5) is 7.26. The van der Waals surface area contributed by atoms with E-state index in [-0.39, 0.29) is 24.0 Å². The highest BCUT2D eigenvalue weighted by atomic mass is 127. The molecule has 5 nitrogen and oxygen atoms in total. The van der Waals surface area contributed by atoms with Gasteiger partial charge in [0.25, 0.3) is 0 Å². The Morgan fingerprint density at radius 2 is 2.08 bits per heavy atom. The monoisotopic (exact) mass is 460 g/mol. The molecule has 1 fully saturated rings. The summed E-state index contributed by atoms with van der Waals surface area (Å²) >= 11 is 0. The largest absolute Gasteiger partial charge is 0.496 e. The minimum atomic E-state index is 0. The zero-order valence-corrected chi connectivity index (χ0v) is 18.1. The van der Waals surface area contributed by atoms with E-state index in [1.807, 2.05) is 18.2 Å². The molecule has 1 heterocycles. The second-order valence-electron chi connectivity index (χ2n) is 6.31. The maximum absolute atomic E-state index is 5.39. The molecular formula is C19H33IN4O. The van der Waals surface area contributed by atoms with Crippen LogP contribution in [0.1, 0.15) is 38.7 Å². The van der Waals surface area contributed by atoms with E-state index in [0.29, 0.717) is 12.6 Å². The van der Waals surface area contributed by atoms with E-state index in [2.05, 4.69) is 40.4 Å². The van der Waals surface area contributed by atoms with Gasteiger partial charge in [-0.25, -0.2) is 4.99 Å². The molecule has 1 saturated heterocycles. The molecule has 0 aliphatic carbocycles. The molecule has 1 unspecified atom stereocenters. The van der Waals surface area contributed by atoms with Crippen molar-refractivity contribution in [2.45, 2.75) is 45.7 Å². The Kier molecular flexibility index (Phi) is 10.9. The number of benzene rings is 1. The fourth-order valence-corrected chi connectivity index (χ4v) is 3.15. The summed E-state index contributed by atoms with van der Waals surface area (Å²) in [7, 11) is 1.70. The number of methoxy groups -OCH3 is 1. The van der Waals surface area contributed by atoms with Crippen LogP contribution in [-0.2, 0) is 6.54 Å². The standard InChI is InChI=1S/C19H32N4O.HI/c1-4-20-19(21-12-14-23-13-8-7-9-16(23)2)22-15-17-10-5-6-11-18(17)24-3;/h5-6,10-11,16H,4,7-9,12-15H2,1-3H3,(H2,20,21,22);1H. The van der Waals surface area contributed by atoms with E-state index in [4.69, 9.17) is 4.74 Å². The summed E-state index contributed by atoms with van der Waals surface area (Å²) in [5.41, 5.74) is 1.10. The molecule has 0 aromatic heterocycles. The van der Waals surface area contributed by atoms with Gasteiger partial charge in [0.1, 0.15) is 5.75 Å². The van der Waals surface area contributed by atoms with Gasteiger partial charge in [0, 0.05) is 31.2 Å². The van der Waals surface area contributed by atoms with E-state index in [9.17, 15) is 0 Å². The minimum absolute atomic E-state index is 0. The fraction of sp³-hybridized carbons (Fsp3) is 0.632. The first-order chi connectivity index (χ1) is 11.7. The summed E-state index contributed by atoms with van der Waals surface area (Å²) in [6.45, 7) is 9.10. The predicted molar refractivity (Wildman–Crippen MR) is 116 cm³/mol. The summed E-state index contributed by atoms with van der Waals surface area (Å²) in [6.07, 6.45) is 4.02. The molecule has 1 atom stereocenters. The number of aliphatic imine (C=N–C) groups is 1. The molecule has 1 aliphatic heterocycles. The third-order valence-corrected chi connectivity index (χ3v) is 4.58. The van der Waals surface area contributed by atoms with E-state index >= 15 is 0 Å². The fourth-order valence-electron chi connectivity index (χ4n) is 3.15. The number of guanidine groups is 1. The number of likely N-dealkylation sites (tertiary alicyclic amines) is 1. The van der Waals surface area contributed by atoms with Gasteiger partial charge in [0.2, 0.25) is 0 Å². The molecule has 0 bridgehead atoms. The van der Waals surface area contributed by atoms with Gasteiger partial charge < -0.3 is 15.4 Å². The Balaban J connectivity index is 0.00000312. The van der Waals surface area contributed by atoms with Crippen molar-refractivity contribution in [2.24, 2.45) is 4.99 Å². The molecule has 1 aliphatic rings. The Hall–Kier alpha value is -1.02. The Morgan fingerprint density at radius 1 is 1.28 bits per heavy atom. The molecule has 6 heteroatoms. The zero-order chi connectivity index (χ0) is 17.2. The SMILES string of the molecule is CCNC(=NCc1ccccc1OC)NCCN1CCCCC1C.I. The minimum Gasteiger partial charge on any atom is -0.496 e. The predicted octanol–water partition coefficient (Wildman–Crippen LogP) is 3.24. The second kappa shape index (κ2) is 12.4. The van der Waals surface area contributed by atoms with Crippen LogP contribution in [0, 0.1) is 0 Å². The van der Waals surface area contributed by atoms with Gasteiger partial charge in [0.05, 0.1) is 13.7 Å². The van der Waals surface area contributed by atoms with Crippen LogP contribution in [0.15, 0.2) is 29.3 Å². The van der Waals surface area contributed by atoms with Crippen LogP contribution in [-0.4, -0.2) is 50.2 Å². The van der Waals surface area contributed by atoms with Crippen molar-refractivity contribution >= 4 is 29.9 Å². The van der Waals surface area contributed by atoms with Gasteiger partial charge in [0.15, 0.2) is 5.96 Å². The smallest absolute Gasteiger partial charge is 0.191 e. The van der Waals surface area contributed by atoms with Gasteiger partial charge in [-0.1, -0.05) is 24.6 Å². The lowest BCUT2D eigenvalue weighted by Crippen LogP contribution is -2.45. The number of hydrogen-bond donors (Lipinski definition) is 2. The van der Waals surface area contributed by atoms with Gasteiger partial charge >= 0.3 is 0 Å². The summed E-state index contributed by atoms with van der Waals surface area (Å²) < 4.78 is 5.39. The van der Waals surface area contributed by atoms with Crippen LogP contribution < -0.4 is 15.4 Å². The normalized spacial score (nSPS) is 18.4. The Morgan fingerprint density at radius 3 is 2.80 bits per heavy atom. The lowest BCUT2D eigenvalue weighted by atomic mass is 10.0. The molecule has 2 N–H and O–H groups in total. The number of para-hydroxylation sites is 1. The van der Waals surface area contributed by atoms with Crippen molar-refractivity contribution in [3.63, 3.8) is 0 Å². The lowest BCUT2D eigenvalue weighted by Gasteiger charge is -2.33. The molecule has 2 rings (SSSR count). The van der Waals surface area contributed by atoms with Crippen molar-refractivity contribution in [1.82, 2.24) is 15.5 Å². The van der Waals surface area contributed by atoms with E-state index < -0.39 is 0 Å². The van der Waals surface area contributed by atoms with Crippen molar-refractivity contribution < 1.29 is 4.74 Å². The van der Waals surface area contributed by atoms with E-state index in [1.165, 1.54) is 25.8 Å². The van der Waals surface area contributed by atoms with Crippen LogP contribution in [0.3, 0.4) is 0 Å². The zero-order valence-electron chi connectivity index (χ0n) is 15.8. The number of nitrogens with zero attached hydrogens (tertiary/aromatic N) is 2. The molecule has 1 aromatic carbocycles. The second-order valence-corrected chi connectivity index (χ2v) is 6.31. The van der Waals surface area contributed by atoms with Crippen molar-refractivity contribution in [3.8, 4) is 5.75 Å². The van der Waals surface area contributed by atoms with Gasteiger partial charge in [-0.2, -0.15) is 0 Å². The number of ether oxygens (including phenoxy) is 1. The molecule has 142 valence electrons. The molecule has 0 radical (unpaired) electrons. The van der Waals surface area contributed by atoms with Gasteiger partial charge in [-0.15, -0.1) is 24.0 Å². The third kappa shape index (κ3) is 7.40. The van der Waals surface area contributed by atoms with Crippen LogP contribution in [0.5, 0.6) is 5.75 Å². The average molecular weight is 460 g/mol. The molecule has 0 spiro atoms. The first-order valence-corrected chi connectivity index (χ1v) is 9.12. The van der Waals surface area contributed by atoms with Gasteiger partial charge in [-0.05, 0) is 39.3 Å². The van der Waals surface area contributed by atoms with E-state index in [0.717, 1.165) is 36.9 Å². The first-order valence-electron chi connectivity index (χ1n) is 9.12. The van der Waals surface area contributed by atoms with E-state index in [1.54, 1.807) is 7.11 Å². The summed E-state index contributed by atoms with van der Waals surface area (Å²) in [6, 6.07) is 8.74. The first kappa shape index (κ1) is 22.0. The summed E-state index contributed by atoms with van der Waals surface area (Å²) in [5.74, 6) is 1.76. The summed E-state index contributed by atoms with van der Waals surface area (Å²) in [5, 5.41) is 6.77. The number of hydrogen-bond acceptors (Lipinski definition) is 3. The average Bonchev–Trinajstić information content (AvgIpc) is 2.61.